The molecule has 112 valence electrons. The molecule has 0 bridgehead atoms. The maximum Gasteiger partial charge on any atom is 0.137 e. The molecule has 21 heavy (non-hydrogen) atoms. The van der Waals surface area contributed by atoms with Crippen LogP contribution >= 0.6 is 11.3 Å². The van der Waals surface area contributed by atoms with E-state index >= 15 is 0 Å². The molecule has 0 aliphatic carbocycles. The van der Waals surface area contributed by atoms with Crippen LogP contribution in [0, 0.1) is 0 Å². The number of nitrogens with one attached hydrogen (secondary N) is 1. The van der Waals surface area contributed by atoms with Crippen molar-refractivity contribution in [3.8, 4) is 0 Å². The number of hydrogen-bond donors (Lipinski definition) is 1. The summed E-state index contributed by atoms with van der Waals surface area (Å²) < 4.78 is 0. The molecule has 5 heteroatoms. The van der Waals surface area contributed by atoms with Crippen molar-refractivity contribution < 1.29 is 0 Å². The molecule has 0 amide bonds. The van der Waals surface area contributed by atoms with Crippen LogP contribution in [0.2, 0.25) is 0 Å². The fourth-order valence-electron chi connectivity index (χ4n) is 3.14. The molecule has 0 fully saturated rings. The molecule has 0 aromatic carbocycles. The van der Waals surface area contributed by atoms with Crippen molar-refractivity contribution in [3.63, 3.8) is 0 Å². The summed E-state index contributed by atoms with van der Waals surface area (Å²) in [7, 11) is 1.93. The Labute approximate surface area is 130 Å². The van der Waals surface area contributed by atoms with Crippen molar-refractivity contribution in [2.75, 3.05) is 23.8 Å². The molecule has 2 aromatic rings. The van der Waals surface area contributed by atoms with Crippen LogP contribution in [0.3, 0.4) is 0 Å². The standard InChI is InChI=1S/C16H22N4S/c1-4-5-13-15(17-3)18-10-19-16(13)20-8-6-14-12(11(20)2)7-9-21-14/h7,9-11H,4-6,8H2,1-3H3,(H,17,18,19). The molecule has 0 saturated carbocycles. The summed E-state index contributed by atoms with van der Waals surface area (Å²) in [4.78, 5) is 13.0. The largest absolute Gasteiger partial charge is 0.373 e. The number of fused-ring (bicyclic) bond motifs is 1. The molecule has 1 N–H and O–H groups in total. The summed E-state index contributed by atoms with van der Waals surface area (Å²) in [6.07, 6.45) is 4.89. The number of rotatable bonds is 4. The van der Waals surface area contributed by atoms with Crippen molar-refractivity contribution in [1.29, 1.82) is 0 Å². The normalized spacial score (nSPS) is 17.7. The first-order valence-electron chi connectivity index (χ1n) is 7.60. The van der Waals surface area contributed by atoms with E-state index < -0.39 is 0 Å². The number of thiophene rings is 1. The highest BCUT2D eigenvalue weighted by Crippen LogP contribution is 2.37. The van der Waals surface area contributed by atoms with Gasteiger partial charge in [-0.1, -0.05) is 13.3 Å². The molecule has 4 nitrogen and oxygen atoms in total. The average molecular weight is 302 g/mol. The van der Waals surface area contributed by atoms with Crippen LogP contribution in [-0.4, -0.2) is 23.6 Å². The maximum atomic E-state index is 4.62. The van der Waals surface area contributed by atoms with Crippen LogP contribution in [0.5, 0.6) is 0 Å². The van der Waals surface area contributed by atoms with E-state index in [0.29, 0.717) is 6.04 Å². The maximum absolute atomic E-state index is 4.62. The van der Waals surface area contributed by atoms with E-state index in [-0.39, 0.29) is 0 Å². The molecule has 3 heterocycles. The van der Waals surface area contributed by atoms with Gasteiger partial charge in [-0.3, -0.25) is 0 Å². The molecule has 1 unspecified atom stereocenters. The van der Waals surface area contributed by atoms with Gasteiger partial charge in [-0.05, 0) is 36.8 Å². The number of aromatic nitrogens is 2. The van der Waals surface area contributed by atoms with E-state index in [1.165, 1.54) is 16.0 Å². The third-order valence-electron chi connectivity index (χ3n) is 4.21. The van der Waals surface area contributed by atoms with Gasteiger partial charge in [0.05, 0.1) is 6.04 Å². The molecular formula is C16H22N4S. The lowest BCUT2D eigenvalue weighted by molar-refractivity contribution is 0.619. The Morgan fingerprint density at radius 3 is 3.05 bits per heavy atom. The number of anilines is 2. The van der Waals surface area contributed by atoms with Crippen LogP contribution in [0.15, 0.2) is 17.8 Å². The fourth-order valence-corrected chi connectivity index (χ4v) is 4.11. The van der Waals surface area contributed by atoms with Crippen molar-refractivity contribution in [2.24, 2.45) is 0 Å². The van der Waals surface area contributed by atoms with E-state index in [0.717, 1.165) is 37.4 Å². The summed E-state index contributed by atoms with van der Waals surface area (Å²) in [6.45, 7) is 5.51. The molecule has 1 aliphatic heterocycles. The molecule has 0 saturated heterocycles. The van der Waals surface area contributed by atoms with Crippen LogP contribution in [0.1, 0.15) is 42.3 Å². The van der Waals surface area contributed by atoms with Gasteiger partial charge in [0, 0.05) is 24.0 Å². The highest BCUT2D eigenvalue weighted by Gasteiger charge is 2.28. The van der Waals surface area contributed by atoms with Crippen molar-refractivity contribution in [1.82, 2.24) is 9.97 Å². The summed E-state index contributed by atoms with van der Waals surface area (Å²) >= 11 is 1.88. The molecule has 0 spiro atoms. The summed E-state index contributed by atoms with van der Waals surface area (Å²) in [6, 6.07) is 2.64. The topological polar surface area (TPSA) is 41.1 Å². The zero-order valence-corrected chi connectivity index (χ0v) is 13.7. The molecular weight excluding hydrogens is 280 g/mol. The van der Waals surface area contributed by atoms with Gasteiger partial charge in [-0.25, -0.2) is 9.97 Å². The minimum atomic E-state index is 0.384. The first kappa shape index (κ1) is 14.3. The Balaban J connectivity index is 2.01. The minimum Gasteiger partial charge on any atom is -0.373 e. The second-order valence-electron chi connectivity index (χ2n) is 5.44. The lowest BCUT2D eigenvalue weighted by Gasteiger charge is -2.36. The van der Waals surface area contributed by atoms with Gasteiger partial charge in [0.25, 0.3) is 0 Å². The van der Waals surface area contributed by atoms with Gasteiger partial charge in [0.2, 0.25) is 0 Å². The quantitative estimate of drug-likeness (QED) is 0.936. The number of hydrogen-bond acceptors (Lipinski definition) is 5. The highest BCUT2D eigenvalue weighted by atomic mass is 32.1. The van der Waals surface area contributed by atoms with Gasteiger partial charge in [0.1, 0.15) is 18.0 Å². The predicted molar refractivity (Wildman–Crippen MR) is 89.4 cm³/mol. The van der Waals surface area contributed by atoms with E-state index in [1.54, 1.807) is 6.33 Å². The Morgan fingerprint density at radius 1 is 1.43 bits per heavy atom. The Morgan fingerprint density at radius 2 is 2.29 bits per heavy atom. The molecule has 3 rings (SSSR count). The molecule has 0 radical (unpaired) electrons. The fraction of sp³-hybridized carbons (Fsp3) is 0.500. The highest BCUT2D eigenvalue weighted by molar-refractivity contribution is 7.10. The van der Waals surface area contributed by atoms with Gasteiger partial charge >= 0.3 is 0 Å². The predicted octanol–water partition coefficient (Wildman–Crippen LogP) is 3.66. The monoisotopic (exact) mass is 302 g/mol. The van der Waals surface area contributed by atoms with Crippen LogP contribution in [0.4, 0.5) is 11.6 Å². The van der Waals surface area contributed by atoms with Gasteiger partial charge in [-0.15, -0.1) is 11.3 Å². The summed E-state index contributed by atoms with van der Waals surface area (Å²) in [5, 5.41) is 5.42. The molecule has 1 aliphatic rings. The Hall–Kier alpha value is -1.62. The first-order chi connectivity index (χ1) is 10.3. The second-order valence-corrected chi connectivity index (χ2v) is 6.44. The Kier molecular flexibility index (Phi) is 4.10. The van der Waals surface area contributed by atoms with Gasteiger partial charge in [0.15, 0.2) is 0 Å². The van der Waals surface area contributed by atoms with E-state index in [1.807, 2.05) is 18.4 Å². The van der Waals surface area contributed by atoms with E-state index in [2.05, 4.69) is 45.5 Å². The van der Waals surface area contributed by atoms with Crippen molar-refractivity contribution >= 4 is 23.0 Å². The van der Waals surface area contributed by atoms with E-state index in [9.17, 15) is 0 Å². The SMILES string of the molecule is CCCc1c(NC)ncnc1N1CCc2sccc2C1C. The summed E-state index contributed by atoms with van der Waals surface area (Å²) in [5.74, 6) is 2.06. The van der Waals surface area contributed by atoms with Crippen LogP contribution in [0.25, 0.3) is 0 Å². The Bertz CT molecular complexity index is 622. The average Bonchev–Trinajstić information content (AvgIpc) is 2.98. The zero-order chi connectivity index (χ0) is 14.8. The van der Waals surface area contributed by atoms with Gasteiger partial charge in [-0.2, -0.15) is 0 Å². The van der Waals surface area contributed by atoms with Crippen molar-refractivity contribution in [3.05, 3.63) is 33.8 Å². The van der Waals surface area contributed by atoms with Crippen molar-refractivity contribution in [2.45, 2.75) is 39.2 Å². The van der Waals surface area contributed by atoms with Gasteiger partial charge < -0.3 is 10.2 Å². The number of nitrogens with zero attached hydrogens (tertiary/aromatic N) is 3. The first-order valence-corrected chi connectivity index (χ1v) is 8.48. The summed E-state index contributed by atoms with van der Waals surface area (Å²) in [5.41, 5.74) is 2.70. The van der Waals surface area contributed by atoms with Crippen LogP contribution in [-0.2, 0) is 12.8 Å². The molecule has 1 atom stereocenters. The second kappa shape index (κ2) is 6.02. The van der Waals surface area contributed by atoms with E-state index in [4.69, 9.17) is 0 Å². The molecule has 2 aromatic heterocycles. The third-order valence-corrected chi connectivity index (χ3v) is 5.21. The van der Waals surface area contributed by atoms with Crippen LogP contribution < -0.4 is 10.2 Å². The lowest BCUT2D eigenvalue weighted by atomic mass is 10.0. The third kappa shape index (κ3) is 2.50. The zero-order valence-electron chi connectivity index (χ0n) is 12.9. The smallest absolute Gasteiger partial charge is 0.137 e. The minimum absolute atomic E-state index is 0.384. The lowest BCUT2D eigenvalue weighted by Crippen LogP contribution is -2.34.